The first-order valence-electron chi connectivity index (χ1n) is 7.60. The van der Waals surface area contributed by atoms with E-state index in [2.05, 4.69) is 11.4 Å². The van der Waals surface area contributed by atoms with Crippen molar-refractivity contribution in [2.24, 2.45) is 0 Å². The number of carbonyl (C=O) groups excluding carboxylic acids is 1. The van der Waals surface area contributed by atoms with Crippen molar-refractivity contribution < 1.29 is 9.53 Å². The smallest absolute Gasteiger partial charge is 0.260 e. The van der Waals surface area contributed by atoms with Crippen LogP contribution in [0.5, 0.6) is 5.75 Å². The van der Waals surface area contributed by atoms with Crippen LogP contribution < -0.4 is 10.1 Å². The quantitative estimate of drug-likeness (QED) is 0.913. The summed E-state index contributed by atoms with van der Waals surface area (Å²) in [6, 6.07) is 6.37. The average Bonchev–Trinajstić information content (AvgIpc) is 2.38. The molecule has 1 saturated carbocycles. The second kappa shape index (κ2) is 6.78. The number of nitrogens with one attached hydrogen (secondary N) is 1. The van der Waals surface area contributed by atoms with Crippen LogP contribution in [0.4, 0.5) is 0 Å². The normalized spacial score (nSPS) is 17.6. The number of ether oxygens (including phenoxy) is 1. The van der Waals surface area contributed by atoms with Crippen LogP contribution in [0.3, 0.4) is 0 Å². The Kier molecular flexibility index (Phi) is 5.05. The van der Waals surface area contributed by atoms with E-state index in [-0.39, 0.29) is 5.91 Å². The summed E-state index contributed by atoms with van der Waals surface area (Å²) < 4.78 is 5.77. The molecule has 0 aliphatic heterocycles. The van der Waals surface area contributed by atoms with Crippen molar-refractivity contribution in [1.82, 2.24) is 5.32 Å². The summed E-state index contributed by atoms with van der Waals surface area (Å²) in [5, 5.41) is 3.10. The van der Waals surface area contributed by atoms with Crippen molar-refractivity contribution in [2.45, 2.75) is 65.0 Å². The number of amides is 1. The highest BCUT2D eigenvalue weighted by molar-refractivity contribution is 5.81. The van der Waals surface area contributed by atoms with Gasteiger partial charge in [0.15, 0.2) is 6.10 Å². The Balaban J connectivity index is 1.89. The highest BCUT2D eigenvalue weighted by atomic mass is 16.5. The van der Waals surface area contributed by atoms with Gasteiger partial charge in [-0.05, 0) is 56.9 Å². The molecule has 0 aromatic heterocycles. The van der Waals surface area contributed by atoms with Crippen LogP contribution >= 0.6 is 0 Å². The lowest BCUT2D eigenvalue weighted by Gasteiger charge is -2.24. The minimum Gasteiger partial charge on any atom is -0.481 e. The van der Waals surface area contributed by atoms with Gasteiger partial charge in [0.05, 0.1) is 0 Å². The number of hydrogen-bond acceptors (Lipinski definition) is 2. The summed E-state index contributed by atoms with van der Waals surface area (Å²) in [7, 11) is 0. The third-order valence-corrected chi connectivity index (χ3v) is 3.83. The fraction of sp³-hybridized carbons (Fsp3) is 0.588. The highest BCUT2D eigenvalue weighted by Gasteiger charge is 2.20. The molecule has 0 radical (unpaired) electrons. The van der Waals surface area contributed by atoms with Gasteiger partial charge in [-0.25, -0.2) is 0 Å². The first kappa shape index (κ1) is 14.9. The van der Waals surface area contributed by atoms with E-state index in [1.165, 1.54) is 19.3 Å². The standard InChI is InChI=1S/C17H25NO2/c1-12-9-13(2)11-16(10-12)20-14(3)17(19)18-15-7-5-4-6-8-15/h9-11,14-15H,4-8H2,1-3H3,(H,18,19)/t14-/m0/s1. The van der Waals surface area contributed by atoms with Gasteiger partial charge in [0.2, 0.25) is 0 Å². The van der Waals surface area contributed by atoms with Crippen LogP contribution in [-0.2, 0) is 4.79 Å². The predicted octanol–water partition coefficient (Wildman–Crippen LogP) is 3.52. The zero-order valence-electron chi connectivity index (χ0n) is 12.7. The minimum atomic E-state index is -0.446. The molecule has 110 valence electrons. The summed E-state index contributed by atoms with van der Waals surface area (Å²) in [6.45, 7) is 5.88. The van der Waals surface area contributed by atoms with Gasteiger partial charge in [0.25, 0.3) is 5.91 Å². The minimum absolute atomic E-state index is 0.00365. The Morgan fingerprint density at radius 2 is 1.75 bits per heavy atom. The molecular formula is C17H25NO2. The molecule has 1 amide bonds. The molecule has 3 nitrogen and oxygen atoms in total. The van der Waals surface area contributed by atoms with E-state index >= 15 is 0 Å². The third-order valence-electron chi connectivity index (χ3n) is 3.83. The van der Waals surface area contributed by atoms with Gasteiger partial charge < -0.3 is 10.1 Å². The van der Waals surface area contributed by atoms with Gasteiger partial charge in [-0.1, -0.05) is 25.3 Å². The van der Waals surface area contributed by atoms with Gasteiger partial charge >= 0.3 is 0 Å². The molecule has 1 N–H and O–H groups in total. The molecule has 1 aromatic carbocycles. The van der Waals surface area contributed by atoms with E-state index < -0.39 is 6.10 Å². The molecule has 1 fully saturated rings. The Morgan fingerprint density at radius 3 is 2.35 bits per heavy atom. The first-order valence-corrected chi connectivity index (χ1v) is 7.60. The van der Waals surface area contributed by atoms with Crippen LogP contribution in [-0.4, -0.2) is 18.1 Å². The van der Waals surface area contributed by atoms with Crippen molar-refractivity contribution >= 4 is 5.91 Å². The van der Waals surface area contributed by atoms with Crippen LogP contribution in [0, 0.1) is 13.8 Å². The second-order valence-electron chi connectivity index (χ2n) is 5.93. The fourth-order valence-corrected chi connectivity index (χ4v) is 2.82. The SMILES string of the molecule is Cc1cc(C)cc(O[C@@H](C)C(=O)NC2CCCCC2)c1. The average molecular weight is 275 g/mol. The molecule has 3 heteroatoms. The van der Waals surface area contributed by atoms with E-state index in [0.29, 0.717) is 6.04 Å². The molecule has 1 atom stereocenters. The second-order valence-corrected chi connectivity index (χ2v) is 5.93. The van der Waals surface area contributed by atoms with Crippen LogP contribution in [0.2, 0.25) is 0 Å². The van der Waals surface area contributed by atoms with E-state index in [4.69, 9.17) is 4.74 Å². The largest absolute Gasteiger partial charge is 0.481 e. The van der Waals surface area contributed by atoms with Crippen molar-refractivity contribution in [2.75, 3.05) is 0 Å². The zero-order chi connectivity index (χ0) is 14.5. The van der Waals surface area contributed by atoms with Gasteiger partial charge in [-0.15, -0.1) is 0 Å². The lowest BCUT2D eigenvalue weighted by molar-refractivity contribution is -0.128. The zero-order valence-corrected chi connectivity index (χ0v) is 12.7. The molecule has 2 rings (SSSR count). The summed E-state index contributed by atoms with van der Waals surface area (Å²) in [5.74, 6) is 0.768. The maximum absolute atomic E-state index is 12.1. The molecular weight excluding hydrogens is 250 g/mol. The van der Waals surface area contributed by atoms with Gasteiger partial charge in [0.1, 0.15) is 5.75 Å². The molecule has 0 heterocycles. The monoisotopic (exact) mass is 275 g/mol. The summed E-state index contributed by atoms with van der Waals surface area (Å²) in [4.78, 5) is 12.1. The number of hydrogen-bond donors (Lipinski definition) is 1. The van der Waals surface area contributed by atoms with Crippen LogP contribution in [0.25, 0.3) is 0 Å². The van der Waals surface area contributed by atoms with Crippen molar-refractivity contribution in [1.29, 1.82) is 0 Å². The molecule has 0 unspecified atom stereocenters. The third kappa shape index (κ3) is 4.26. The van der Waals surface area contributed by atoms with Crippen molar-refractivity contribution in [3.8, 4) is 5.75 Å². The number of benzene rings is 1. The Hall–Kier alpha value is -1.51. The van der Waals surface area contributed by atoms with E-state index in [1.807, 2.05) is 32.9 Å². The van der Waals surface area contributed by atoms with Crippen LogP contribution in [0.15, 0.2) is 18.2 Å². The summed E-state index contributed by atoms with van der Waals surface area (Å²) in [5.41, 5.74) is 2.31. The topological polar surface area (TPSA) is 38.3 Å². The highest BCUT2D eigenvalue weighted by Crippen LogP contribution is 2.19. The lowest BCUT2D eigenvalue weighted by Crippen LogP contribution is -2.43. The van der Waals surface area contributed by atoms with Gasteiger partial charge in [0, 0.05) is 6.04 Å². The molecule has 0 saturated heterocycles. The first-order chi connectivity index (χ1) is 9.54. The molecule has 20 heavy (non-hydrogen) atoms. The molecule has 1 aromatic rings. The molecule has 0 spiro atoms. The van der Waals surface area contributed by atoms with E-state index in [9.17, 15) is 4.79 Å². The summed E-state index contributed by atoms with van der Waals surface area (Å²) >= 11 is 0. The van der Waals surface area contributed by atoms with Gasteiger partial charge in [-0.2, -0.15) is 0 Å². The van der Waals surface area contributed by atoms with Crippen LogP contribution in [0.1, 0.15) is 50.2 Å². The Labute approximate surface area is 121 Å². The van der Waals surface area contributed by atoms with Crippen molar-refractivity contribution in [3.63, 3.8) is 0 Å². The fourth-order valence-electron chi connectivity index (χ4n) is 2.82. The number of carbonyl (C=O) groups is 1. The van der Waals surface area contributed by atoms with E-state index in [1.54, 1.807) is 0 Å². The molecule has 1 aliphatic rings. The number of rotatable bonds is 4. The summed E-state index contributed by atoms with van der Waals surface area (Å²) in [6.07, 6.45) is 5.48. The Bertz CT molecular complexity index is 444. The van der Waals surface area contributed by atoms with Crippen molar-refractivity contribution in [3.05, 3.63) is 29.3 Å². The van der Waals surface area contributed by atoms with Gasteiger partial charge in [-0.3, -0.25) is 4.79 Å². The molecule has 1 aliphatic carbocycles. The van der Waals surface area contributed by atoms with E-state index in [0.717, 1.165) is 29.7 Å². The molecule has 0 bridgehead atoms. The maximum atomic E-state index is 12.1. The Morgan fingerprint density at radius 1 is 1.15 bits per heavy atom. The maximum Gasteiger partial charge on any atom is 0.260 e. The number of aryl methyl sites for hydroxylation is 2. The lowest BCUT2D eigenvalue weighted by atomic mass is 9.95. The predicted molar refractivity (Wildman–Crippen MR) is 81.0 cm³/mol.